The van der Waals surface area contributed by atoms with E-state index in [4.69, 9.17) is 14.2 Å². The van der Waals surface area contributed by atoms with Crippen LogP contribution in [0.25, 0.3) is 0 Å². The highest BCUT2D eigenvalue weighted by Crippen LogP contribution is 2.27. The summed E-state index contributed by atoms with van der Waals surface area (Å²) in [6, 6.07) is 5.35. The third kappa shape index (κ3) is 5.23. The van der Waals surface area contributed by atoms with Crippen molar-refractivity contribution in [2.24, 2.45) is 5.92 Å². The Morgan fingerprint density at radius 3 is 2.26 bits per heavy atom. The monoisotopic (exact) mass is 322 g/mol. The zero-order valence-electron chi connectivity index (χ0n) is 14.1. The normalized spacial score (nSPS) is 15.2. The molecule has 0 bridgehead atoms. The van der Waals surface area contributed by atoms with Gasteiger partial charge in [0.15, 0.2) is 0 Å². The van der Waals surface area contributed by atoms with Gasteiger partial charge in [-0.05, 0) is 18.8 Å². The average Bonchev–Trinajstić information content (AvgIpc) is 2.58. The number of nitrogens with zero attached hydrogens (tertiary/aromatic N) is 1. The molecule has 1 saturated heterocycles. The van der Waals surface area contributed by atoms with Crippen molar-refractivity contribution in [1.29, 1.82) is 0 Å². The first-order valence-corrected chi connectivity index (χ1v) is 8.01. The SMILES string of the molecule is COc1cc(OC)cc(OCCNC(=O)N2CCC(C)CC2)c1. The molecule has 128 valence electrons. The Balaban J connectivity index is 1.73. The van der Waals surface area contributed by atoms with Gasteiger partial charge in [-0.1, -0.05) is 6.92 Å². The summed E-state index contributed by atoms with van der Waals surface area (Å²) in [5, 5.41) is 2.89. The molecule has 2 amide bonds. The van der Waals surface area contributed by atoms with Crippen molar-refractivity contribution in [3.05, 3.63) is 18.2 Å². The second-order valence-electron chi connectivity index (χ2n) is 5.80. The third-order valence-corrected chi connectivity index (χ3v) is 4.04. The van der Waals surface area contributed by atoms with Crippen LogP contribution >= 0.6 is 0 Å². The van der Waals surface area contributed by atoms with E-state index >= 15 is 0 Å². The van der Waals surface area contributed by atoms with Crippen LogP contribution in [-0.2, 0) is 0 Å². The van der Waals surface area contributed by atoms with E-state index in [1.807, 2.05) is 4.90 Å². The highest BCUT2D eigenvalue weighted by molar-refractivity contribution is 5.74. The number of carbonyl (C=O) groups is 1. The van der Waals surface area contributed by atoms with Crippen LogP contribution in [0.15, 0.2) is 18.2 Å². The van der Waals surface area contributed by atoms with E-state index in [2.05, 4.69) is 12.2 Å². The maximum atomic E-state index is 12.0. The maximum absolute atomic E-state index is 12.0. The fourth-order valence-electron chi connectivity index (χ4n) is 2.51. The highest BCUT2D eigenvalue weighted by atomic mass is 16.5. The standard InChI is InChI=1S/C17H26N2O4/c1-13-4-7-19(8-5-13)17(20)18-6-9-23-16-11-14(21-2)10-15(12-16)22-3/h10-13H,4-9H2,1-3H3,(H,18,20). The minimum Gasteiger partial charge on any atom is -0.496 e. The minimum atomic E-state index is -0.0104. The molecule has 1 aliphatic heterocycles. The Morgan fingerprint density at radius 2 is 1.70 bits per heavy atom. The first kappa shape index (κ1) is 17.2. The summed E-state index contributed by atoms with van der Waals surface area (Å²) >= 11 is 0. The summed E-state index contributed by atoms with van der Waals surface area (Å²) in [6.07, 6.45) is 2.15. The molecule has 0 radical (unpaired) electrons. The van der Waals surface area contributed by atoms with Crippen molar-refractivity contribution in [2.45, 2.75) is 19.8 Å². The topological polar surface area (TPSA) is 60.0 Å². The van der Waals surface area contributed by atoms with Crippen molar-refractivity contribution in [2.75, 3.05) is 40.5 Å². The predicted molar refractivity (Wildman–Crippen MR) is 88.4 cm³/mol. The number of urea groups is 1. The second-order valence-corrected chi connectivity index (χ2v) is 5.80. The van der Waals surface area contributed by atoms with Crippen LogP contribution in [0, 0.1) is 5.92 Å². The summed E-state index contributed by atoms with van der Waals surface area (Å²) in [6.45, 7) is 4.75. The molecule has 0 unspecified atom stereocenters. The number of benzene rings is 1. The summed E-state index contributed by atoms with van der Waals surface area (Å²) in [4.78, 5) is 13.9. The van der Waals surface area contributed by atoms with Gasteiger partial charge in [0.2, 0.25) is 0 Å². The van der Waals surface area contributed by atoms with Crippen LogP contribution < -0.4 is 19.5 Å². The first-order chi connectivity index (χ1) is 11.1. The van der Waals surface area contributed by atoms with Gasteiger partial charge in [0.25, 0.3) is 0 Å². The molecule has 23 heavy (non-hydrogen) atoms. The van der Waals surface area contributed by atoms with E-state index in [-0.39, 0.29) is 6.03 Å². The second kappa shape index (κ2) is 8.50. The Labute approximate surface area is 137 Å². The van der Waals surface area contributed by atoms with Crippen LogP contribution in [0.5, 0.6) is 17.2 Å². The van der Waals surface area contributed by atoms with E-state index in [1.165, 1.54) is 0 Å². The van der Waals surface area contributed by atoms with Gasteiger partial charge in [0, 0.05) is 31.3 Å². The van der Waals surface area contributed by atoms with Gasteiger partial charge in [0.05, 0.1) is 20.8 Å². The number of methoxy groups -OCH3 is 2. The lowest BCUT2D eigenvalue weighted by atomic mass is 10.00. The van der Waals surface area contributed by atoms with Gasteiger partial charge in [0.1, 0.15) is 23.9 Å². The van der Waals surface area contributed by atoms with Gasteiger partial charge in [-0.2, -0.15) is 0 Å². The van der Waals surface area contributed by atoms with Gasteiger partial charge in [-0.15, -0.1) is 0 Å². The van der Waals surface area contributed by atoms with E-state index in [0.717, 1.165) is 25.9 Å². The predicted octanol–water partition coefficient (Wildman–Crippen LogP) is 2.52. The molecule has 2 rings (SSSR count). The van der Waals surface area contributed by atoms with Gasteiger partial charge in [-0.3, -0.25) is 0 Å². The van der Waals surface area contributed by atoms with Gasteiger partial charge in [-0.25, -0.2) is 4.79 Å². The molecule has 6 heteroatoms. The van der Waals surface area contributed by atoms with Crippen LogP contribution in [0.1, 0.15) is 19.8 Å². The van der Waals surface area contributed by atoms with E-state index < -0.39 is 0 Å². The van der Waals surface area contributed by atoms with Crippen molar-refractivity contribution in [3.8, 4) is 17.2 Å². The molecular weight excluding hydrogens is 296 g/mol. The molecule has 1 aromatic rings. The van der Waals surface area contributed by atoms with Crippen molar-refractivity contribution < 1.29 is 19.0 Å². The Morgan fingerprint density at radius 1 is 1.13 bits per heavy atom. The number of amides is 2. The molecule has 1 heterocycles. The number of likely N-dealkylation sites (tertiary alicyclic amines) is 1. The lowest BCUT2D eigenvalue weighted by Gasteiger charge is -2.30. The number of hydrogen-bond acceptors (Lipinski definition) is 4. The number of rotatable bonds is 6. The first-order valence-electron chi connectivity index (χ1n) is 8.01. The molecule has 0 aromatic heterocycles. The molecule has 1 aliphatic rings. The molecule has 1 fully saturated rings. The lowest BCUT2D eigenvalue weighted by Crippen LogP contribution is -2.45. The quantitative estimate of drug-likeness (QED) is 0.818. The zero-order valence-corrected chi connectivity index (χ0v) is 14.1. The Bertz CT molecular complexity index is 491. The highest BCUT2D eigenvalue weighted by Gasteiger charge is 2.19. The summed E-state index contributed by atoms with van der Waals surface area (Å²) in [5.74, 6) is 2.71. The lowest BCUT2D eigenvalue weighted by molar-refractivity contribution is 0.172. The summed E-state index contributed by atoms with van der Waals surface area (Å²) < 4.78 is 16.0. The minimum absolute atomic E-state index is 0.0104. The Kier molecular flexibility index (Phi) is 6.38. The van der Waals surface area contributed by atoms with Crippen molar-refractivity contribution in [3.63, 3.8) is 0 Å². The van der Waals surface area contributed by atoms with E-state index in [9.17, 15) is 4.79 Å². The number of hydrogen-bond donors (Lipinski definition) is 1. The maximum Gasteiger partial charge on any atom is 0.317 e. The third-order valence-electron chi connectivity index (χ3n) is 4.04. The largest absolute Gasteiger partial charge is 0.496 e. The van der Waals surface area contributed by atoms with Crippen molar-refractivity contribution >= 4 is 6.03 Å². The molecular formula is C17H26N2O4. The molecule has 0 saturated carbocycles. The molecule has 6 nitrogen and oxygen atoms in total. The summed E-state index contributed by atoms with van der Waals surface area (Å²) in [5.41, 5.74) is 0. The number of nitrogens with one attached hydrogen (secondary N) is 1. The van der Waals surface area contributed by atoms with Crippen molar-refractivity contribution in [1.82, 2.24) is 10.2 Å². The molecule has 1 aromatic carbocycles. The molecule has 0 aliphatic carbocycles. The van der Waals surface area contributed by atoms with Crippen LogP contribution in [-0.4, -0.2) is 51.4 Å². The number of carbonyl (C=O) groups excluding carboxylic acids is 1. The number of ether oxygens (including phenoxy) is 3. The van der Waals surface area contributed by atoms with Crippen LogP contribution in [0.2, 0.25) is 0 Å². The van der Waals surface area contributed by atoms with E-state index in [0.29, 0.717) is 36.3 Å². The average molecular weight is 322 g/mol. The van der Waals surface area contributed by atoms with Crippen LogP contribution in [0.3, 0.4) is 0 Å². The van der Waals surface area contributed by atoms with Gasteiger partial charge >= 0.3 is 6.03 Å². The fourth-order valence-corrected chi connectivity index (χ4v) is 2.51. The van der Waals surface area contributed by atoms with E-state index in [1.54, 1.807) is 32.4 Å². The smallest absolute Gasteiger partial charge is 0.317 e. The molecule has 1 N–H and O–H groups in total. The fraction of sp³-hybridized carbons (Fsp3) is 0.588. The van der Waals surface area contributed by atoms with Gasteiger partial charge < -0.3 is 24.4 Å². The molecule has 0 atom stereocenters. The molecule has 0 spiro atoms. The zero-order chi connectivity index (χ0) is 16.7. The van der Waals surface area contributed by atoms with Crippen LogP contribution in [0.4, 0.5) is 4.79 Å². The Hall–Kier alpha value is -2.11. The number of piperidine rings is 1. The summed E-state index contributed by atoms with van der Waals surface area (Å²) in [7, 11) is 3.19.